The van der Waals surface area contributed by atoms with Gasteiger partial charge < -0.3 is 15.2 Å². The van der Waals surface area contributed by atoms with Crippen molar-refractivity contribution in [2.24, 2.45) is 11.8 Å². The molecule has 0 heterocycles. The molecule has 1 atom stereocenters. The van der Waals surface area contributed by atoms with Crippen molar-refractivity contribution in [1.29, 1.82) is 0 Å². The Morgan fingerprint density at radius 1 is 1.40 bits per heavy atom. The molecular formula is C14H18BrNO4. The van der Waals surface area contributed by atoms with Gasteiger partial charge in [-0.25, -0.2) is 0 Å². The van der Waals surface area contributed by atoms with E-state index in [-0.39, 0.29) is 18.4 Å². The topological polar surface area (TPSA) is 75.6 Å². The average molecular weight is 344 g/mol. The van der Waals surface area contributed by atoms with E-state index in [0.717, 1.165) is 0 Å². The number of carbonyl (C=O) groups is 2. The van der Waals surface area contributed by atoms with E-state index in [1.807, 2.05) is 13.8 Å². The van der Waals surface area contributed by atoms with E-state index in [0.29, 0.717) is 15.8 Å². The Bertz CT molecular complexity index is 502. The highest BCUT2D eigenvalue weighted by Crippen LogP contribution is 2.22. The van der Waals surface area contributed by atoms with Crippen LogP contribution in [0.15, 0.2) is 22.7 Å². The van der Waals surface area contributed by atoms with Gasteiger partial charge in [0.1, 0.15) is 5.75 Å². The number of rotatable bonds is 6. The normalized spacial score (nSPS) is 12.1. The third-order valence-electron chi connectivity index (χ3n) is 3.02. The summed E-state index contributed by atoms with van der Waals surface area (Å²) in [5.41, 5.74) is 0.414. The summed E-state index contributed by atoms with van der Waals surface area (Å²) in [4.78, 5) is 23.2. The third kappa shape index (κ3) is 4.23. The highest BCUT2D eigenvalue weighted by molar-refractivity contribution is 9.10. The Hall–Kier alpha value is -1.56. The van der Waals surface area contributed by atoms with Gasteiger partial charge in [0.05, 0.1) is 18.6 Å². The molecule has 110 valence electrons. The van der Waals surface area contributed by atoms with E-state index in [1.54, 1.807) is 18.2 Å². The largest absolute Gasteiger partial charge is 0.497 e. The number of halogens is 1. The van der Waals surface area contributed by atoms with Crippen molar-refractivity contribution in [2.75, 3.05) is 13.7 Å². The Balaban J connectivity index is 2.79. The number of methoxy groups -OCH3 is 1. The average Bonchev–Trinajstić information content (AvgIpc) is 2.38. The second kappa shape index (κ2) is 7.28. The van der Waals surface area contributed by atoms with E-state index < -0.39 is 11.9 Å². The van der Waals surface area contributed by atoms with Crippen LogP contribution in [0.2, 0.25) is 0 Å². The molecule has 0 saturated carbocycles. The fourth-order valence-electron chi connectivity index (χ4n) is 1.71. The summed E-state index contributed by atoms with van der Waals surface area (Å²) in [5, 5.41) is 11.7. The van der Waals surface area contributed by atoms with Crippen molar-refractivity contribution in [3.8, 4) is 5.75 Å². The number of hydrogen-bond donors (Lipinski definition) is 2. The number of ether oxygens (including phenoxy) is 1. The maximum atomic E-state index is 12.1. The molecule has 0 bridgehead atoms. The molecule has 2 N–H and O–H groups in total. The van der Waals surface area contributed by atoms with Gasteiger partial charge in [-0.15, -0.1) is 0 Å². The zero-order chi connectivity index (χ0) is 15.3. The van der Waals surface area contributed by atoms with E-state index in [2.05, 4.69) is 21.2 Å². The summed E-state index contributed by atoms with van der Waals surface area (Å²) in [5.74, 6) is -1.34. The molecule has 5 nitrogen and oxygen atoms in total. The molecule has 1 unspecified atom stereocenters. The lowest BCUT2D eigenvalue weighted by atomic mass is 9.96. The molecule has 0 aliphatic heterocycles. The summed E-state index contributed by atoms with van der Waals surface area (Å²) in [6, 6.07) is 5.05. The number of carbonyl (C=O) groups excluding carboxylic acids is 1. The first-order valence-electron chi connectivity index (χ1n) is 6.21. The van der Waals surface area contributed by atoms with Crippen molar-refractivity contribution in [3.05, 3.63) is 28.2 Å². The number of aliphatic carboxylic acids is 1. The first-order valence-corrected chi connectivity index (χ1v) is 7.00. The Kier molecular flexibility index (Phi) is 6.01. The van der Waals surface area contributed by atoms with Crippen LogP contribution in [0, 0.1) is 11.8 Å². The molecule has 0 aliphatic carbocycles. The van der Waals surface area contributed by atoms with Crippen molar-refractivity contribution in [3.63, 3.8) is 0 Å². The number of carboxylic acids is 1. The number of carboxylic acid groups (broad SMARTS) is 1. The summed E-state index contributed by atoms with van der Waals surface area (Å²) in [7, 11) is 1.52. The van der Waals surface area contributed by atoms with Gasteiger partial charge in [0, 0.05) is 11.0 Å². The molecule has 6 heteroatoms. The monoisotopic (exact) mass is 343 g/mol. The second-order valence-corrected chi connectivity index (χ2v) is 5.60. The maximum absolute atomic E-state index is 12.1. The van der Waals surface area contributed by atoms with Crippen LogP contribution >= 0.6 is 15.9 Å². The molecule has 1 aromatic rings. The van der Waals surface area contributed by atoms with Gasteiger partial charge in [-0.3, -0.25) is 9.59 Å². The molecule has 0 fully saturated rings. The first-order chi connectivity index (χ1) is 9.36. The maximum Gasteiger partial charge on any atom is 0.308 e. The SMILES string of the molecule is COc1ccc(Br)c(C(=O)NCC(C(=O)O)C(C)C)c1. The van der Waals surface area contributed by atoms with E-state index in [9.17, 15) is 9.59 Å². The molecule has 0 saturated heterocycles. The van der Waals surface area contributed by atoms with E-state index in [1.165, 1.54) is 7.11 Å². The molecule has 0 aromatic heterocycles. The van der Waals surface area contributed by atoms with Crippen LogP contribution < -0.4 is 10.1 Å². The number of amides is 1. The van der Waals surface area contributed by atoms with Crippen LogP contribution in [0.3, 0.4) is 0 Å². The van der Waals surface area contributed by atoms with Crippen LogP contribution in [0.5, 0.6) is 5.75 Å². The number of benzene rings is 1. The van der Waals surface area contributed by atoms with Crippen molar-refractivity contribution in [1.82, 2.24) is 5.32 Å². The summed E-state index contributed by atoms with van der Waals surface area (Å²) >= 11 is 3.29. The second-order valence-electron chi connectivity index (χ2n) is 4.74. The lowest BCUT2D eigenvalue weighted by molar-refractivity contribution is -0.142. The number of hydrogen-bond acceptors (Lipinski definition) is 3. The van der Waals surface area contributed by atoms with Gasteiger partial charge in [0.25, 0.3) is 5.91 Å². The lowest BCUT2D eigenvalue weighted by Crippen LogP contribution is -2.35. The third-order valence-corrected chi connectivity index (χ3v) is 3.71. The minimum Gasteiger partial charge on any atom is -0.497 e. The molecule has 0 radical (unpaired) electrons. The zero-order valence-corrected chi connectivity index (χ0v) is 13.2. The van der Waals surface area contributed by atoms with Gasteiger partial charge in [-0.05, 0) is 40.0 Å². The molecular weight excluding hydrogens is 326 g/mol. The first kappa shape index (κ1) is 16.5. The fraction of sp³-hybridized carbons (Fsp3) is 0.429. The molecule has 0 aliphatic rings. The van der Waals surface area contributed by atoms with Gasteiger partial charge >= 0.3 is 5.97 Å². The van der Waals surface area contributed by atoms with Crippen LogP contribution in [0.25, 0.3) is 0 Å². The van der Waals surface area contributed by atoms with E-state index in [4.69, 9.17) is 9.84 Å². The smallest absolute Gasteiger partial charge is 0.308 e. The van der Waals surface area contributed by atoms with Gasteiger partial charge in [0.2, 0.25) is 0 Å². The van der Waals surface area contributed by atoms with E-state index >= 15 is 0 Å². The molecule has 0 spiro atoms. The van der Waals surface area contributed by atoms with Crippen molar-refractivity contribution >= 4 is 27.8 Å². The fourth-order valence-corrected chi connectivity index (χ4v) is 2.14. The quantitative estimate of drug-likeness (QED) is 0.832. The Labute approximate surface area is 126 Å². The molecule has 20 heavy (non-hydrogen) atoms. The lowest BCUT2D eigenvalue weighted by Gasteiger charge is -2.17. The van der Waals surface area contributed by atoms with Crippen LogP contribution in [-0.2, 0) is 4.79 Å². The predicted molar refractivity (Wildman–Crippen MR) is 79.0 cm³/mol. The summed E-state index contributed by atoms with van der Waals surface area (Å²) in [6.07, 6.45) is 0. The minimum absolute atomic E-state index is 0.0541. The van der Waals surface area contributed by atoms with Gasteiger partial charge in [0.15, 0.2) is 0 Å². The Morgan fingerprint density at radius 3 is 2.55 bits per heavy atom. The standard InChI is InChI=1S/C14H18BrNO4/c1-8(2)11(14(18)19)7-16-13(17)10-6-9(20-3)4-5-12(10)15/h4-6,8,11H,7H2,1-3H3,(H,16,17)(H,18,19). The zero-order valence-electron chi connectivity index (χ0n) is 11.6. The van der Waals surface area contributed by atoms with Crippen LogP contribution in [0.4, 0.5) is 0 Å². The van der Waals surface area contributed by atoms with Crippen LogP contribution in [0.1, 0.15) is 24.2 Å². The van der Waals surface area contributed by atoms with Gasteiger partial charge in [-0.1, -0.05) is 13.8 Å². The summed E-state index contributed by atoms with van der Waals surface area (Å²) in [6.45, 7) is 3.72. The predicted octanol–water partition coefficient (Wildman–Crippen LogP) is 2.54. The summed E-state index contributed by atoms with van der Waals surface area (Å²) < 4.78 is 5.70. The number of nitrogens with one attached hydrogen (secondary N) is 1. The minimum atomic E-state index is -0.912. The van der Waals surface area contributed by atoms with Crippen molar-refractivity contribution in [2.45, 2.75) is 13.8 Å². The van der Waals surface area contributed by atoms with Crippen molar-refractivity contribution < 1.29 is 19.4 Å². The Morgan fingerprint density at radius 2 is 2.05 bits per heavy atom. The highest BCUT2D eigenvalue weighted by Gasteiger charge is 2.22. The highest BCUT2D eigenvalue weighted by atomic mass is 79.9. The molecule has 1 amide bonds. The molecule has 1 aromatic carbocycles. The van der Waals surface area contributed by atoms with Gasteiger partial charge in [-0.2, -0.15) is 0 Å². The molecule has 1 rings (SSSR count). The van der Waals surface area contributed by atoms with Crippen LogP contribution in [-0.4, -0.2) is 30.6 Å².